The van der Waals surface area contributed by atoms with Crippen molar-refractivity contribution in [1.29, 1.82) is 0 Å². The van der Waals surface area contributed by atoms with Gasteiger partial charge in [0, 0.05) is 25.1 Å². The zero-order valence-corrected chi connectivity index (χ0v) is 12.0. The molecule has 1 amide bonds. The molecule has 1 atom stereocenters. The smallest absolute Gasteiger partial charge is 0.230 e. The molecule has 3 nitrogen and oxygen atoms in total. The van der Waals surface area contributed by atoms with E-state index in [1.165, 1.54) is 12.0 Å². The molecule has 3 heteroatoms. The molecular formula is C17H21NO2. The SMILES string of the molecule is CCc1ccc2c(c1)C(=O)CC2C(=O)N1CCCCC1. The molecule has 2 aliphatic rings. The van der Waals surface area contributed by atoms with Crippen molar-refractivity contribution < 1.29 is 9.59 Å². The van der Waals surface area contributed by atoms with E-state index in [1.54, 1.807) is 0 Å². The van der Waals surface area contributed by atoms with Gasteiger partial charge >= 0.3 is 0 Å². The Hall–Kier alpha value is -1.64. The number of amides is 1. The van der Waals surface area contributed by atoms with E-state index in [9.17, 15) is 9.59 Å². The zero-order valence-electron chi connectivity index (χ0n) is 12.0. The standard InChI is InChI=1S/C17H21NO2/c1-2-12-6-7-13-14(10-12)16(19)11-15(13)17(20)18-8-4-3-5-9-18/h6-7,10,15H,2-5,8-9,11H2,1H3. The monoisotopic (exact) mass is 271 g/mol. The van der Waals surface area contributed by atoms with Gasteiger partial charge in [-0.25, -0.2) is 0 Å². The Labute approximate surface area is 120 Å². The maximum absolute atomic E-state index is 12.6. The molecule has 1 aliphatic carbocycles. The van der Waals surface area contributed by atoms with Gasteiger partial charge in [0.05, 0.1) is 5.92 Å². The Morgan fingerprint density at radius 1 is 1.25 bits per heavy atom. The number of aryl methyl sites for hydroxylation is 1. The number of hydrogen-bond acceptors (Lipinski definition) is 2. The number of fused-ring (bicyclic) bond motifs is 1. The number of hydrogen-bond donors (Lipinski definition) is 0. The molecule has 3 rings (SSSR count). The van der Waals surface area contributed by atoms with Crippen LogP contribution in [-0.4, -0.2) is 29.7 Å². The van der Waals surface area contributed by atoms with Gasteiger partial charge in [0.25, 0.3) is 0 Å². The minimum absolute atomic E-state index is 0.130. The second-order valence-corrected chi connectivity index (χ2v) is 5.84. The summed E-state index contributed by atoms with van der Waals surface area (Å²) in [5, 5.41) is 0. The normalized spacial score (nSPS) is 21.9. The molecule has 0 spiro atoms. The van der Waals surface area contributed by atoms with Crippen LogP contribution in [-0.2, 0) is 11.2 Å². The molecule has 0 bridgehead atoms. The summed E-state index contributed by atoms with van der Waals surface area (Å²) >= 11 is 0. The fourth-order valence-electron chi connectivity index (χ4n) is 3.33. The van der Waals surface area contributed by atoms with E-state index in [0.717, 1.165) is 43.5 Å². The lowest BCUT2D eigenvalue weighted by atomic mass is 9.97. The van der Waals surface area contributed by atoms with Gasteiger partial charge in [-0.2, -0.15) is 0 Å². The summed E-state index contributed by atoms with van der Waals surface area (Å²) in [5.41, 5.74) is 2.89. The Morgan fingerprint density at radius 3 is 2.70 bits per heavy atom. The summed E-state index contributed by atoms with van der Waals surface area (Å²) in [6.45, 7) is 3.79. The van der Waals surface area contributed by atoms with Gasteiger partial charge in [-0.15, -0.1) is 0 Å². The van der Waals surface area contributed by atoms with Gasteiger partial charge in [0.2, 0.25) is 5.91 Å². The first-order valence-electron chi connectivity index (χ1n) is 7.65. The number of ketones is 1. The molecule has 1 fully saturated rings. The van der Waals surface area contributed by atoms with Crippen molar-refractivity contribution in [1.82, 2.24) is 4.90 Å². The third-order valence-corrected chi connectivity index (χ3v) is 4.56. The van der Waals surface area contributed by atoms with E-state index in [0.29, 0.717) is 6.42 Å². The van der Waals surface area contributed by atoms with Crippen LogP contribution in [0.5, 0.6) is 0 Å². The number of Topliss-reactive ketones (excluding diaryl/α,β-unsaturated/α-hetero) is 1. The van der Waals surface area contributed by atoms with Crippen LogP contribution in [0.1, 0.15) is 60.0 Å². The molecular weight excluding hydrogens is 250 g/mol. The van der Waals surface area contributed by atoms with Crippen molar-refractivity contribution in [3.63, 3.8) is 0 Å². The molecule has 0 radical (unpaired) electrons. The Kier molecular flexibility index (Phi) is 3.60. The maximum atomic E-state index is 12.6. The van der Waals surface area contributed by atoms with Crippen LogP contribution in [0.4, 0.5) is 0 Å². The summed E-state index contributed by atoms with van der Waals surface area (Å²) in [4.78, 5) is 26.7. The molecule has 0 saturated carbocycles. The molecule has 0 aromatic heterocycles. The number of rotatable bonds is 2. The average molecular weight is 271 g/mol. The lowest BCUT2D eigenvalue weighted by molar-refractivity contribution is -0.133. The maximum Gasteiger partial charge on any atom is 0.230 e. The highest BCUT2D eigenvalue weighted by Gasteiger charge is 2.36. The Bertz CT molecular complexity index is 544. The first kappa shape index (κ1) is 13.3. The van der Waals surface area contributed by atoms with Gasteiger partial charge in [0.15, 0.2) is 5.78 Å². The van der Waals surface area contributed by atoms with Crippen LogP contribution in [0.15, 0.2) is 18.2 Å². The van der Waals surface area contributed by atoms with E-state index in [2.05, 4.69) is 6.92 Å². The van der Waals surface area contributed by atoms with Crippen molar-refractivity contribution in [2.75, 3.05) is 13.1 Å². The first-order valence-corrected chi connectivity index (χ1v) is 7.65. The predicted molar refractivity (Wildman–Crippen MR) is 77.9 cm³/mol. The molecule has 1 aliphatic heterocycles. The summed E-state index contributed by atoms with van der Waals surface area (Å²) < 4.78 is 0. The summed E-state index contributed by atoms with van der Waals surface area (Å²) in [7, 11) is 0. The fourth-order valence-corrected chi connectivity index (χ4v) is 3.33. The number of likely N-dealkylation sites (tertiary alicyclic amines) is 1. The highest BCUT2D eigenvalue weighted by Crippen LogP contribution is 2.35. The zero-order chi connectivity index (χ0) is 14.1. The minimum atomic E-state index is -0.235. The summed E-state index contributed by atoms with van der Waals surface area (Å²) in [5.74, 6) is 0.0493. The summed E-state index contributed by atoms with van der Waals surface area (Å²) in [6.07, 6.45) is 4.68. The van der Waals surface area contributed by atoms with E-state index in [1.807, 2.05) is 23.1 Å². The Morgan fingerprint density at radius 2 is 2.00 bits per heavy atom. The van der Waals surface area contributed by atoms with Gasteiger partial charge in [-0.05, 0) is 42.9 Å². The molecule has 106 valence electrons. The molecule has 1 aromatic rings. The van der Waals surface area contributed by atoms with Crippen molar-refractivity contribution >= 4 is 11.7 Å². The molecule has 1 aromatic carbocycles. The minimum Gasteiger partial charge on any atom is -0.342 e. The van der Waals surface area contributed by atoms with Gasteiger partial charge < -0.3 is 4.90 Å². The number of piperidine rings is 1. The largest absolute Gasteiger partial charge is 0.342 e. The van der Waals surface area contributed by atoms with E-state index in [-0.39, 0.29) is 17.6 Å². The second-order valence-electron chi connectivity index (χ2n) is 5.84. The van der Waals surface area contributed by atoms with Crippen molar-refractivity contribution in [2.45, 2.75) is 44.9 Å². The molecule has 1 heterocycles. The van der Waals surface area contributed by atoms with Crippen molar-refractivity contribution in [3.05, 3.63) is 34.9 Å². The molecule has 1 saturated heterocycles. The van der Waals surface area contributed by atoms with Crippen molar-refractivity contribution in [3.8, 4) is 0 Å². The van der Waals surface area contributed by atoms with Crippen LogP contribution in [0.3, 0.4) is 0 Å². The first-order chi connectivity index (χ1) is 9.70. The number of benzene rings is 1. The van der Waals surface area contributed by atoms with Crippen LogP contribution >= 0.6 is 0 Å². The van der Waals surface area contributed by atoms with Gasteiger partial charge in [0.1, 0.15) is 0 Å². The van der Waals surface area contributed by atoms with E-state index in [4.69, 9.17) is 0 Å². The van der Waals surface area contributed by atoms with Crippen LogP contribution in [0.25, 0.3) is 0 Å². The number of carbonyl (C=O) groups is 2. The van der Waals surface area contributed by atoms with Gasteiger partial charge in [-0.3, -0.25) is 9.59 Å². The van der Waals surface area contributed by atoms with Crippen LogP contribution in [0.2, 0.25) is 0 Å². The van der Waals surface area contributed by atoms with Gasteiger partial charge in [-0.1, -0.05) is 19.1 Å². The molecule has 1 unspecified atom stereocenters. The summed E-state index contributed by atoms with van der Waals surface area (Å²) in [6, 6.07) is 6.01. The third kappa shape index (κ3) is 2.26. The predicted octanol–water partition coefficient (Wildman–Crippen LogP) is 2.93. The third-order valence-electron chi connectivity index (χ3n) is 4.56. The highest BCUT2D eigenvalue weighted by atomic mass is 16.2. The van der Waals surface area contributed by atoms with E-state index >= 15 is 0 Å². The fraction of sp³-hybridized carbons (Fsp3) is 0.529. The quantitative estimate of drug-likeness (QED) is 0.829. The average Bonchev–Trinajstić information content (AvgIpc) is 2.84. The molecule has 20 heavy (non-hydrogen) atoms. The second kappa shape index (κ2) is 5.39. The lowest BCUT2D eigenvalue weighted by Gasteiger charge is -2.29. The number of carbonyl (C=O) groups excluding carboxylic acids is 2. The topological polar surface area (TPSA) is 37.4 Å². The van der Waals surface area contributed by atoms with Crippen molar-refractivity contribution in [2.24, 2.45) is 0 Å². The van der Waals surface area contributed by atoms with E-state index < -0.39 is 0 Å². The van der Waals surface area contributed by atoms with Crippen LogP contribution < -0.4 is 0 Å². The van der Waals surface area contributed by atoms with Crippen LogP contribution in [0, 0.1) is 0 Å². The molecule has 0 N–H and O–H groups in total. The highest BCUT2D eigenvalue weighted by molar-refractivity contribution is 6.06. The number of nitrogens with zero attached hydrogens (tertiary/aromatic N) is 1. The lowest BCUT2D eigenvalue weighted by Crippen LogP contribution is -2.38. The Balaban J connectivity index is 1.87.